The van der Waals surface area contributed by atoms with E-state index in [0.717, 1.165) is 11.5 Å². The van der Waals surface area contributed by atoms with Crippen molar-refractivity contribution in [2.24, 2.45) is 11.3 Å². The van der Waals surface area contributed by atoms with Crippen molar-refractivity contribution in [1.29, 1.82) is 0 Å². The molecule has 2 N–H and O–H groups in total. The molecule has 0 aliphatic carbocycles. The van der Waals surface area contributed by atoms with Crippen molar-refractivity contribution in [3.8, 4) is 0 Å². The van der Waals surface area contributed by atoms with Gasteiger partial charge in [-0.05, 0) is 24.1 Å². The van der Waals surface area contributed by atoms with Crippen LogP contribution in [0.4, 0.5) is 0 Å². The molecule has 0 spiro atoms. The molecule has 86 valence electrons. The first-order valence-electron chi connectivity index (χ1n) is 5.27. The summed E-state index contributed by atoms with van der Waals surface area (Å²) in [6, 6.07) is 0.540. The largest absolute Gasteiger partial charge is 0.396 e. The van der Waals surface area contributed by atoms with E-state index in [1.807, 2.05) is 18.8 Å². The van der Waals surface area contributed by atoms with Gasteiger partial charge in [0.25, 0.3) is 0 Å². The Bertz CT molecular complexity index is 145. The summed E-state index contributed by atoms with van der Waals surface area (Å²) in [7, 11) is 2.02. The monoisotopic (exact) mass is 219 g/mol. The van der Waals surface area contributed by atoms with Crippen LogP contribution in [0.25, 0.3) is 0 Å². The molecule has 0 fully saturated rings. The molecule has 0 rings (SSSR count). The molecular weight excluding hydrogens is 194 g/mol. The zero-order chi connectivity index (χ0) is 11.2. The maximum absolute atomic E-state index is 8.89. The minimum Gasteiger partial charge on any atom is -0.396 e. The summed E-state index contributed by atoms with van der Waals surface area (Å²) in [5.74, 6) is 2.58. The summed E-state index contributed by atoms with van der Waals surface area (Å²) >= 11 is 1.92. The first-order valence-corrected chi connectivity index (χ1v) is 6.43. The molecule has 0 saturated heterocycles. The minimum atomic E-state index is 0.298. The first kappa shape index (κ1) is 14.3. The second kappa shape index (κ2) is 6.70. The van der Waals surface area contributed by atoms with Crippen LogP contribution in [0.5, 0.6) is 0 Å². The fourth-order valence-corrected chi connectivity index (χ4v) is 2.75. The molecule has 0 aliphatic heterocycles. The van der Waals surface area contributed by atoms with E-state index in [0.29, 0.717) is 24.0 Å². The molecule has 0 heterocycles. The Balaban J connectivity index is 3.74. The van der Waals surface area contributed by atoms with E-state index in [1.54, 1.807) is 0 Å². The number of aliphatic hydroxyl groups is 1. The quantitative estimate of drug-likeness (QED) is 0.716. The van der Waals surface area contributed by atoms with Crippen molar-refractivity contribution >= 4 is 11.8 Å². The molecule has 2 nitrogen and oxygen atoms in total. The number of hydrogen-bond acceptors (Lipinski definition) is 3. The molecule has 0 aliphatic rings. The minimum absolute atomic E-state index is 0.298. The Kier molecular flexibility index (Phi) is 6.83. The average molecular weight is 219 g/mol. The van der Waals surface area contributed by atoms with Gasteiger partial charge in [-0.1, -0.05) is 27.7 Å². The lowest BCUT2D eigenvalue weighted by molar-refractivity contribution is 0.250. The van der Waals surface area contributed by atoms with Crippen molar-refractivity contribution in [3.63, 3.8) is 0 Å². The van der Waals surface area contributed by atoms with Crippen LogP contribution in [0.1, 0.15) is 27.7 Å². The van der Waals surface area contributed by atoms with Gasteiger partial charge in [0, 0.05) is 18.4 Å². The molecule has 0 aromatic heterocycles. The van der Waals surface area contributed by atoms with Crippen LogP contribution in [0.2, 0.25) is 0 Å². The standard InChI is InChI=1S/C11H25NOS/c1-9(6-13)7-14-8-10(12-5)11(2,3)4/h9-10,12-13H,6-8H2,1-5H3. The van der Waals surface area contributed by atoms with Crippen LogP contribution < -0.4 is 5.32 Å². The Morgan fingerprint density at radius 2 is 1.86 bits per heavy atom. The maximum Gasteiger partial charge on any atom is 0.0464 e. The summed E-state index contributed by atoms with van der Waals surface area (Å²) < 4.78 is 0. The highest BCUT2D eigenvalue weighted by atomic mass is 32.2. The fourth-order valence-electron chi connectivity index (χ4n) is 1.21. The number of nitrogens with one attached hydrogen (secondary N) is 1. The Morgan fingerprint density at radius 1 is 1.29 bits per heavy atom. The molecule has 0 radical (unpaired) electrons. The fraction of sp³-hybridized carbons (Fsp3) is 1.00. The zero-order valence-corrected chi connectivity index (χ0v) is 10.9. The van der Waals surface area contributed by atoms with Gasteiger partial charge in [-0.25, -0.2) is 0 Å². The highest BCUT2D eigenvalue weighted by molar-refractivity contribution is 7.99. The summed E-state index contributed by atoms with van der Waals surface area (Å²) in [6.07, 6.45) is 0. The van der Waals surface area contributed by atoms with E-state index < -0.39 is 0 Å². The van der Waals surface area contributed by atoms with E-state index >= 15 is 0 Å². The Labute approximate surface area is 92.9 Å². The second-order valence-corrected chi connectivity index (χ2v) is 6.11. The van der Waals surface area contributed by atoms with Crippen molar-refractivity contribution in [1.82, 2.24) is 5.32 Å². The smallest absolute Gasteiger partial charge is 0.0464 e. The summed E-state index contributed by atoms with van der Waals surface area (Å²) in [4.78, 5) is 0. The molecule has 0 saturated carbocycles. The number of rotatable bonds is 6. The van der Waals surface area contributed by atoms with Crippen molar-refractivity contribution in [2.75, 3.05) is 25.2 Å². The van der Waals surface area contributed by atoms with E-state index in [-0.39, 0.29) is 0 Å². The van der Waals surface area contributed by atoms with Crippen molar-refractivity contribution in [2.45, 2.75) is 33.7 Å². The second-order valence-electron chi connectivity index (χ2n) is 5.03. The van der Waals surface area contributed by atoms with Gasteiger partial charge in [0.15, 0.2) is 0 Å². The highest BCUT2D eigenvalue weighted by Gasteiger charge is 2.22. The SMILES string of the molecule is CNC(CSCC(C)CO)C(C)(C)C. The molecule has 0 aromatic carbocycles. The van der Waals surface area contributed by atoms with Gasteiger partial charge < -0.3 is 10.4 Å². The van der Waals surface area contributed by atoms with E-state index in [2.05, 4.69) is 33.0 Å². The Morgan fingerprint density at radius 3 is 2.21 bits per heavy atom. The van der Waals surface area contributed by atoms with Crippen LogP contribution >= 0.6 is 11.8 Å². The normalized spacial score (nSPS) is 16.7. The summed E-state index contributed by atoms with van der Waals surface area (Å²) in [5, 5.41) is 12.2. The molecule has 0 bridgehead atoms. The Hall–Kier alpha value is 0.270. The topological polar surface area (TPSA) is 32.3 Å². The van der Waals surface area contributed by atoms with E-state index in [9.17, 15) is 0 Å². The average Bonchev–Trinajstić information content (AvgIpc) is 2.09. The van der Waals surface area contributed by atoms with Crippen LogP contribution in [-0.4, -0.2) is 36.3 Å². The predicted octanol–water partition coefficient (Wildman–Crippen LogP) is 1.98. The van der Waals surface area contributed by atoms with Gasteiger partial charge in [-0.2, -0.15) is 11.8 Å². The highest BCUT2D eigenvalue weighted by Crippen LogP contribution is 2.23. The third-order valence-corrected chi connectivity index (χ3v) is 3.77. The van der Waals surface area contributed by atoms with Gasteiger partial charge in [-0.3, -0.25) is 0 Å². The number of hydrogen-bond donors (Lipinski definition) is 2. The van der Waals surface area contributed by atoms with Crippen LogP contribution in [0, 0.1) is 11.3 Å². The summed E-state index contributed by atoms with van der Waals surface area (Å²) in [6.45, 7) is 9.14. The lowest BCUT2D eigenvalue weighted by Crippen LogP contribution is -2.40. The third kappa shape index (κ3) is 5.89. The predicted molar refractivity (Wildman–Crippen MR) is 65.9 cm³/mol. The first-order chi connectivity index (χ1) is 6.41. The number of thioether (sulfide) groups is 1. The van der Waals surface area contributed by atoms with Crippen LogP contribution in [0.15, 0.2) is 0 Å². The van der Waals surface area contributed by atoms with Crippen molar-refractivity contribution < 1.29 is 5.11 Å². The zero-order valence-electron chi connectivity index (χ0n) is 10.1. The number of aliphatic hydroxyl groups excluding tert-OH is 1. The van der Waals surface area contributed by atoms with Gasteiger partial charge in [0.05, 0.1) is 0 Å². The molecule has 3 heteroatoms. The molecular formula is C11H25NOS. The van der Waals surface area contributed by atoms with Crippen molar-refractivity contribution in [3.05, 3.63) is 0 Å². The molecule has 2 atom stereocenters. The third-order valence-electron chi connectivity index (χ3n) is 2.39. The van der Waals surface area contributed by atoms with Gasteiger partial charge in [0.1, 0.15) is 0 Å². The van der Waals surface area contributed by atoms with Gasteiger partial charge in [-0.15, -0.1) is 0 Å². The molecule has 0 amide bonds. The van der Waals surface area contributed by atoms with E-state index in [4.69, 9.17) is 5.11 Å². The summed E-state index contributed by atoms with van der Waals surface area (Å²) in [5.41, 5.74) is 0.310. The van der Waals surface area contributed by atoms with Crippen LogP contribution in [0.3, 0.4) is 0 Å². The molecule has 14 heavy (non-hydrogen) atoms. The molecule has 2 unspecified atom stereocenters. The van der Waals surface area contributed by atoms with Gasteiger partial charge >= 0.3 is 0 Å². The van der Waals surface area contributed by atoms with E-state index in [1.165, 1.54) is 0 Å². The maximum atomic E-state index is 8.89. The molecule has 0 aromatic rings. The van der Waals surface area contributed by atoms with Gasteiger partial charge in [0.2, 0.25) is 0 Å². The lowest BCUT2D eigenvalue weighted by atomic mass is 9.88. The van der Waals surface area contributed by atoms with Crippen LogP contribution in [-0.2, 0) is 0 Å². The lowest BCUT2D eigenvalue weighted by Gasteiger charge is -2.30.